The number of aromatic nitrogens is 1. The minimum atomic E-state index is -0.348. The Morgan fingerprint density at radius 1 is 1.36 bits per heavy atom. The van der Waals surface area contributed by atoms with Crippen LogP contribution in [-0.4, -0.2) is 42.1 Å². The highest BCUT2D eigenvalue weighted by molar-refractivity contribution is 7.11. The average molecular weight is 382 g/mol. The van der Waals surface area contributed by atoms with Crippen molar-refractivity contribution in [1.82, 2.24) is 15.2 Å². The highest BCUT2D eigenvalue weighted by atomic mass is 35.5. The molecule has 6 nitrogen and oxygen atoms in total. The van der Waals surface area contributed by atoms with Crippen LogP contribution in [0.15, 0.2) is 30.5 Å². The van der Waals surface area contributed by atoms with Crippen molar-refractivity contribution in [3.05, 3.63) is 50.9 Å². The quantitative estimate of drug-likeness (QED) is 0.748. The number of nitrogens with one attached hydrogen (secondary N) is 1. The van der Waals surface area contributed by atoms with Crippen LogP contribution in [-0.2, 0) is 22.5 Å². The Morgan fingerprint density at radius 3 is 2.80 bits per heavy atom. The summed E-state index contributed by atoms with van der Waals surface area (Å²) >= 11 is 7.52. The lowest BCUT2D eigenvalue weighted by atomic mass is 10.2. The van der Waals surface area contributed by atoms with Gasteiger partial charge in [-0.25, -0.2) is 9.78 Å². The number of rotatable bonds is 7. The Kier molecular flexibility index (Phi) is 7.21. The Labute approximate surface area is 155 Å². The van der Waals surface area contributed by atoms with Gasteiger partial charge >= 0.3 is 12.0 Å². The Hall–Kier alpha value is -2.12. The Balaban J connectivity index is 1.67. The molecule has 0 saturated carbocycles. The van der Waals surface area contributed by atoms with E-state index in [1.54, 1.807) is 19.3 Å². The summed E-state index contributed by atoms with van der Waals surface area (Å²) in [6.45, 7) is 2.71. The third-order valence-corrected chi connectivity index (χ3v) is 4.67. The van der Waals surface area contributed by atoms with Crippen molar-refractivity contribution < 1.29 is 14.3 Å². The van der Waals surface area contributed by atoms with E-state index in [4.69, 9.17) is 16.3 Å². The average Bonchev–Trinajstić information content (AvgIpc) is 2.98. The molecular formula is C17H20ClN3O3S. The molecule has 0 aliphatic carbocycles. The molecule has 1 aromatic carbocycles. The third-order valence-electron chi connectivity index (χ3n) is 3.39. The number of benzene rings is 1. The second-order valence-electron chi connectivity index (χ2n) is 5.43. The monoisotopic (exact) mass is 381 g/mol. The van der Waals surface area contributed by atoms with Gasteiger partial charge in [0.2, 0.25) is 0 Å². The number of nitrogens with zero attached hydrogens (tertiary/aromatic N) is 2. The van der Waals surface area contributed by atoms with E-state index < -0.39 is 0 Å². The van der Waals surface area contributed by atoms with Crippen molar-refractivity contribution in [2.75, 3.05) is 20.2 Å². The van der Waals surface area contributed by atoms with Crippen LogP contribution in [0, 0.1) is 6.92 Å². The molecule has 1 aromatic heterocycles. The zero-order valence-electron chi connectivity index (χ0n) is 14.1. The number of esters is 1. The molecule has 0 atom stereocenters. The molecule has 2 amide bonds. The van der Waals surface area contributed by atoms with E-state index in [0.29, 0.717) is 18.1 Å². The molecule has 1 heterocycles. The summed E-state index contributed by atoms with van der Waals surface area (Å²) < 4.78 is 5.14. The summed E-state index contributed by atoms with van der Waals surface area (Å²) in [7, 11) is 1.64. The first-order valence-electron chi connectivity index (χ1n) is 7.75. The van der Waals surface area contributed by atoms with Crippen LogP contribution in [0.5, 0.6) is 0 Å². The maximum absolute atomic E-state index is 12.0. The van der Waals surface area contributed by atoms with Gasteiger partial charge in [0.05, 0.1) is 13.0 Å². The van der Waals surface area contributed by atoms with Crippen molar-refractivity contribution in [2.24, 2.45) is 0 Å². The predicted molar refractivity (Wildman–Crippen MR) is 97.8 cm³/mol. The van der Waals surface area contributed by atoms with E-state index in [1.807, 2.05) is 25.1 Å². The van der Waals surface area contributed by atoms with Crippen LogP contribution in [0.2, 0.25) is 5.02 Å². The molecule has 0 bridgehead atoms. The van der Waals surface area contributed by atoms with Gasteiger partial charge in [-0.1, -0.05) is 29.8 Å². The van der Waals surface area contributed by atoms with Crippen LogP contribution in [0.25, 0.3) is 0 Å². The summed E-state index contributed by atoms with van der Waals surface area (Å²) in [6, 6.07) is 7.06. The highest BCUT2D eigenvalue weighted by Gasteiger charge is 2.11. The van der Waals surface area contributed by atoms with Crippen molar-refractivity contribution >= 4 is 34.9 Å². The summed E-state index contributed by atoms with van der Waals surface area (Å²) in [4.78, 5) is 30.4. The topological polar surface area (TPSA) is 71.5 Å². The SMILES string of the molecule is Cc1cnc(CC(=O)OCCN(C)C(=O)NCc2ccccc2Cl)s1. The van der Waals surface area contributed by atoms with E-state index in [1.165, 1.54) is 16.2 Å². The number of hydrogen-bond acceptors (Lipinski definition) is 5. The standard InChI is InChI=1S/C17H20ClN3O3S/c1-12-10-19-15(25-12)9-16(22)24-8-7-21(2)17(23)20-11-13-5-3-4-6-14(13)18/h3-6,10H,7-9,11H2,1-2H3,(H,20,23). The number of halogens is 1. The maximum Gasteiger partial charge on any atom is 0.317 e. The van der Waals surface area contributed by atoms with Gasteiger partial charge in [-0.15, -0.1) is 11.3 Å². The van der Waals surface area contributed by atoms with Crippen LogP contribution in [0.4, 0.5) is 4.79 Å². The van der Waals surface area contributed by atoms with Crippen LogP contribution in [0.1, 0.15) is 15.4 Å². The first kappa shape index (κ1) is 19.2. The number of carbonyl (C=O) groups excluding carboxylic acids is 2. The lowest BCUT2D eigenvalue weighted by Gasteiger charge is -2.18. The molecule has 2 rings (SSSR count). The lowest BCUT2D eigenvalue weighted by Crippen LogP contribution is -2.39. The summed E-state index contributed by atoms with van der Waals surface area (Å²) in [5.74, 6) is -0.348. The third kappa shape index (κ3) is 6.36. The van der Waals surface area contributed by atoms with Crippen molar-refractivity contribution in [1.29, 1.82) is 0 Å². The number of likely N-dealkylation sites (N-methyl/N-ethyl adjacent to an activating group) is 1. The predicted octanol–water partition coefficient (Wildman–Crippen LogP) is 3.03. The van der Waals surface area contributed by atoms with Crippen LogP contribution < -0.4 is 5.32 Å². The fourth-order valence-corrected chi connectivity index (χ4v) is 2.98. The number of ether oxygens (including phenoxy) is 1. The molecule has 25 heavy (non-hydrogen) atoms. The first-order valence-corrected chi connectivity index (χ1v) is 8.94. The van der Waals surface area contributed by atoms with Crippen molar-refractivity contribution in [3.63, 3.8) is 0 Å². The molecule has 0 fully saturated rings. The molecule has 1 N–H and O–H groups in total. The van der Waals surface area contributed by atoms with Crippen LogP contribution >= 0.6 is 22.9 Å². The molecule has 0 spiro atoms. The number of amides is 2. The summed E-state index contributed by atoms with van der Waals surface area (Å²) in [5.41, 5.74) is 0.844. The van der Waals surface area contributed by atoms with Gasteiger partial charge in [0.1, 0.15) is 11.6 Å². The van der Waals surface area contributed by atoms with Gasteiger partial charge in [0.25, 0.3) is 0 Å². The van der Waals surface area contributed by atoms with E-state index in [2.05, 4.69) is 10.3 Å². The Morgan fingerprint density at radius 2 is 2.12 bits per heavy atom. The zero-order chi connectivity index (χ0) is 18.2. The van der Waals surface area contributed by atoms with Gasteiger partial charge < -0.3 is 15.0 Å². The number of hydrogen-bond donors (Lipinski definition) is 1. The lowest BCUT2D eigenvalue weighted by molar-refractivity contribution is -0.143. The van der Waals surface area contributed by atoms with Gasteiger partial charge in [-0.3, -0.25) is 4.79 Å². The second-order valence-corrected chi connectivity index (χ2v) is 7.16. The highest BCUT2D eigenvalue weighted by Crippen LogP contribution is 2.14. The molecule has 0 unspecified atom stereocenters. The fourth-order valence-electron chi connectivity index (χ4n) is 2.00. The first-order chi connectivity index (χ1) is 12.0. The van der Waals surface area contributed by atoms with Gasteiger partial charge in [0.15, 0.2) is 0 Å². The molecule has 2 aromatic rings. The minimum absolute atomic E-state index is 0.138. The van der Waals surface area contributed by atoms with E-state index in [0.717, 1.165) is 15.4 Å². The van der Waals surface area contributed by atoms with E-state index >= 15 is 0 Å². The molecule has 0 aliphatic rings. The minimum Gasteiger partial charge on any atom is -0.463 e. The summed E-state index contributed by atoms with van der Waals surface area (Å²) in [6.07, 6.45) is 1.88. The zero-order valence-corrected chi connectivity index (χ0v) is 15.7. The van der Waals surface area contributed by atoms with Gasteiger partial charge in [0, 0.05) is 29.7 Å². The fraction of sp³-hybridized carbons (Fsp3) is 0.353. The number of urea groups is 1. The van der Waals surface area contributed by atoms with Crippen molar-refractivity contribution in [2.45, 2.75) is 19.9 Å². The molecule has 134 valence electrons. The van der Waals surface area contributed by atoms with Crippen LogP contribution in [0.3, 0.4) is 0 Å². The van der Waals surface area contributed by atoms with Gasteiger partial charge in [-0.2, -0.15) is 0 Å². The molecule has 0 saturated heterocycles. The normalized spacial score (nSPS) is 10.4. The van der Waals surface area contributed by atoms with Crippen molar-refractivity contribution in [3.8, 4) is 0 Å². The second kappa shape index (κ2) is 9.39. The Bertz CT molecular complexity index is 735. The smallest absolute Gasteiger partial charge is 0.317 e. The van der Waals surface area contributed by atoms with E-state index in [-0.39, 0.29) is 25.0 Å². The molecular weight excluding hydrogens is 362 g/mol. The maximum atomic E-state index is 12.0. The van der Waals surface area contributed by atoms with E-state index in [9.17, 15) is 9.59 Å². The molecule has 8 heteroatoms. The molecule has 0 aliphatic heterocycles. The summed E-state index contributed by atoms with van der Waals surface area (Å²) in [5, 5.41) is 4.11. The van der Waals surface area contributed by atoms with Gasteiger partial charge in [-0.05, 0) is 18.6 Å². The largest absolute Gasteiger partial charge is 0.463 e. The number of carbonyl (C=O) groups is 2. The molecule has 0 radical (unpaired) electrons. The number of thiazole rings is 1. The number of aryl methyl sites for hydroxylation is 1.